The minimum atomic E-state index is -1.97. The highest BCUT2D eigenvalue weighted by Crippen LogP contribution is 2.37. The predicted octanol–water partition coefficient (Wildman–Crippen LogP) is -1.09. The van der Waals surface area contributed by atoms with E-state index in [1.807, 2.05) is 4.98 Å². The number of nitrogens with zero attached hydrogens (tertiary/aromatic N) is 3. The van der Waals surface area contributed by atoms with Crippen molar-refractivity contribution in [3.05, 3.63) is 33.1 Å². The van der Waals surface area contributed by atoms with Crippen molar-refractivity contribution in [2.75, 3.05) is 48.5 Å². The molecule has 1 aromatic heterocycles. The number of aliphatic hydroxyl groups excluding tert-OH is 4. The maximum absolute atomic E-state index is 14.7. The fourth-order valence-corrected chi connectivity index (χ4v) is 10.6. The highest BCUT2D eigenvalue weighted by Gasteiger charge is 2.57. The molecule has 4 saturated heterocycles. The van der Waals surface area contributed by atoms with Crippen molar-refractivity contribution in [2.45, 2.75) is 209 Å². The lowest BCUT2D eigenvalue weighted by Gasteiger charge is -2.43. The number of H-pyrrole nitrogens is 1. The highest BCUT2D eigenvalue weighted by atomic mass is 16.7. The number of hydrogen-bond acceptors (Lipinski definition) is 23. The number of nitrogens with two attached hydrogens (primary N) is 1. The Labute approximate surface area is 452 Å². The molecule has 1 aromatic rings. The van der Waals surface area contributed by atoms with E-state index in [1.54, 1.807) is 13.8 Å². The number of aliphatic hydroxyl groups is 4. The van der Waals surface area contributed by atoms with E-state index in [1.165, 1.54) is 33.3 Å². The molecule has 0 aromatic carbocycles. The predicted molar refractivity (Wildman–Crippen MR) is 270 cm³/mol. The lowest BCUT2D eigenvalue weighted by molar-refractivity contribution is -0.297. The van der Waals surface area contributed by atoms with Crippen molar-refractivity contribution < 1.29 is 96.9 Å². The SMILES string of the molecule is CO[C@@H]1[C@@H](OC)[C@H](C)O[C@@H](OC(=O)C[C@@H](C)CC(=O)O[C@@H](CCCCCCCCC(C)C)CC(=O)O[C@H]2CN(C)[C@@H]([C@H](O[C@@H]3O[C@H](CN)[C@@H](O)[C@H]3O)[C@H]3O[C@@H](n4ccc(=O)[nH]c4=O)[C@H](O)[C@@H]3O)C(=O)N(C)[C@@H]2C(=O)O)[C@@H]1OC. The summed E-state index contributed by atoms with van der Waals surface area (Å²) in [6.07, 6.45) is -15.0. The molecular weight excluding hydrogens is 1030 g/mol. The van der Waals surface area contributed by atoms with Crippen LogP contribution in [0.3, 0.4) is 0 Å². The summed E-state index contributed by atoms with van der Waals surface area (Å²) in [5.74, 6) is -4.99. The van der Waals surface area contributed by atoms with Crippen LogP contribution in [0.1, 0.15) is 105 Å². The maximum atomic E-state index is 14.7. The Morgan fingerprint density at radius 3 is 1.96 bits per heavy atom. The number of carboxylic acid groups (broad SMARTS) is 1. The number of amides is 1. The Balaban J connectivity index is 1.33. The first kappa shape index (κ1) is 64.3. The van der Waals surface area contributed by atoms with Crippen molar-refractivity contribution in [3.8, 4) is 0 Å². The molecule has 0 bridgehead atoms. The molecule has 4 aliphatic rings. The minimum Gasteiger partial charge on any atom is -0.480 e. The van der Waals surface area contributed by atoms with Gasteiger partial charge in [-0.25, -0.2) is 9.59 Å². The second kappa shape index (κ2) is 29.8. The van der Waals surface area contributed by atoms with Crippen LogP contribution in [0.2, 0.25) is 0 Å². The van der Waals surface area contributed by atoms with E-state index in [0.717, 1.165) is 67.3 Å². The van der Waals surface area contributed by atoms with Gasteiger partial charge in [0, 0.05) is 66.6 Å². The molecule has 0 radical (unpaired) electrons. The quantitative estimate of drug-likeness (QED) is 0.0298. The van der Waals surface area contributed by atoms with E-state index in [4.69, 9.17) is 53.1 Å². The number of carbonyl (C=O) groups excluding carboxylic acids is 4. The number of carboxylic acids is 1. The van der Waals surface area contributed by atoms with Gasteiger partial charge < -0.3 is 83.5 Å². The summed E-state index contributed by atoms with van der Waals surface area (Å²) in [4.78, 5) is 97.4. The molecule has 1 amide bonds. The molecule has 27 heteroatoms. The summed E-state index contributed by atoms with van der Waals surface area (Å²) < 4.78 is 58.7. The second-order valence-electron chi connectivity index (χ2n) is 21.2. The molecule has 5 heterocycles. The third-order valence-corrected chi connectivity index (χ3v) is 14.8. The van der Waals surface area contributed by atoms with Gasteiger partial charge in [0.15, 0.2) is 18.6 Å². The minimum absolute atomic E-state index is 0.216. The second-order valence-corrected chi connectivity index (χ2v) is 21.2. The topological polar surface area (TPSA) is 366 Å². The molecule has 0 aliphatic carbocycles. The first-order valence-corrected chi connectivity index (χ1v) is 26.7. The molecule has 78 heavy (non-hydrogen) atoms. The van der Waals surface area contributed by atoms with Crippen molar-refractivity contribution in [2.24, 2.45) is 17.6 Å². The average molecular weight is 1120 g/mol. The van der Waals surface area contributed by atoms with Crippen molar-refractivity contribution >= 4 is 29.8 Å². The number of likely N-dealkylation sites (N-methyl/N-ethyl adjacent to an activating group) is 2. The van der Waals surface area contributed by atoms with Gasteiger partial charge in [-0.15, -0.1) is 0 Å². The lowest BCUT2D eigenvalue weighted by Crippen LogP contribution is -2.59. The number of ether oxygens (including phenoxy) is 10. The number of carbonyl (C=O) groups is 5. The van der Waals surface area contributed by atoms with Crippen LogP contribution in [0, 0.1) is 11.8 Å². The van der Waals surface area contributed by atoms with Crippen LogP contribution in [-0.4, -0.2) is 227 Å². The molecule has 19 atom stereocenters. The van der Waals surface area contributed by atoms with Crippen LogP contribution in [0.4, 0.5) is 0 Å². The molecular formula is C51H83N5O22. The number of methoxy groups -OCH3 is 3. The van der Waals surface area contributed by atoms with E-state index in [0.29, 0.717) is 12.3 Å². The van der Waals surface area contributed by atoms with Crippen LogP contribution >= 0.6 is 0 Å². The van der Waals surface area contributed by atoms with E-state index < -0.39 is 170 Å². The Hall–Kier alpha value is -4.49. The molecule has 0 saturated carbocycles. The third-order valence-electron chi connectivity index (χ3n) is 14.8. The first-order valence-electron chi connectivity index (χ1n) is 26.7. The van der Waals surface area contributed by atoms with Crippen LogP contribution in [0.25, 0.3) is 0 Å². The van der Waals surface area contributed by atoms with Gasteiger partial charge in [-0.2, -0.15) is 0 Å². The summed E-state index contributed by atoms with van der Waals surface area (Å²) in [6.45, 7) is 6.93. The zero-order valence-electron chi connectivity index (χ0n) is 46.0. The van der Waals surface area contributed by atoms with Crippen LogP contribution in [0.15, 0.2) is 21.9 Å². The van der Waals surface area contributed by atoms with Crippen molar-refractivity contribution in [1.82, 2.24) is 19.4 Å². The van der Waals surface area contributed by atoms with Gasteiger partial charge in [-0.1, -0.05) is 59.3 Å². The molecule has 0 unspecified atom stereocenters. The molecule has 0 spiro atoms. The average Bonchev–Trinajstić information content (AvgIpc) is 3.84. The van der Waals surface area contributed by atoms with Crippen LogP contribution in [0.5, 0.6) is 0 Å². The number of esters is 3. The van der Waals surface area contributed by atoms with Gasteiger partial charge >= 0.3 is 29.6 Å². The fraction of sp³-hybridized carbons (Fsp3) is 0.824. The Morgan fingerprint density at radius 1 is 0.756 bits per heavy atom. The number of nitrogens with one attached hydrogen (secondary N) is 1. The van der Waals surface area contributed by atoms with E-state index in [-0.39, 0.29) is 25.8 Å². The standard InChI is InChI=1S/C51H83N5O22/c1-25(2)16-14-12-10-11-13-15-17-28(73-32(58)20-26(3)21-33(59)76-50-45(71-9)44(70-8)41(69-7)27(4)72-50)22-34(60)74-30-24-54(5)36(46(65)55(6)35(30)48(66)67)42(78-49-40(64)37(61)29(23-52)75-49)43-38(62)39(63)47(77-43)56-19-18-31(57)53-51(56)68/h18-19,25-30,35-45,47,49-50,61-64H,10-17,20-24,52H2,1-9H3,(H,66,67)(H,53,57,68)/t26-,27-,28-,29+,30-,35-,36-,37+,38-,39+,40+,41-,42-,43-,44+,45+,47+,49-,50-/m0/s1. The molecule has 5 rings (SSSR count). The van der Waals surface area contributed by atoms with Crippen molar-refractivity contribution in [3.63, 3.8) is 0 Å². The number of unbranched alkanes of at least 4 members (excludes halogenated alkanes) is 5. The highest BCUT2D eigenvalue weighted by molar-refractivity contribution is 5.88. The van der Waals surface area contributed by atoms with E-state index >= 15 is 0 Å². The largest absolute Gasteiger partial charge is 0.480 e. The van der Waals surface area contributed by atoms with E-state index in [9.17, 15) is 59.1 Å². The van der Waals surface area contributed by atoms with Crippen LogP contribution in [-0.2, 0) is 71.3 Å². The Bertz CT molecular complexity index is 2230. The number of aromatic nitrogens is 2. The van der Waals surface area contributed by atoms with Crippen LogP contribution < -0.4 is 17.0 Å². The third kappa shape index (κ3) is 16.3. The molecule has 444 valence electrons. The first-order chi connectivity index (χ1) is 37.0. The molecule has 27 nitrogen and oxygen atoms in total. The number of hydrogen-bond donors (Lipinski definition) is 7. The van der Waals surface area contributed by atoms with Gasteiger partial charge in [0.25, 0.3) is 5.56 Å². The molecule has 8 N–H and O–H groups in total. The number of rotatable bonds is 28. The maximum Gasteiger partial charge on any atom is 0.330 e. The zero-order chi connectivity index (χ0) is 57.7. The van der Waals surface area contributed by atoms with Gasteiger partial charge in [0.05, 0.1) is 12.5 Å². The van der Waals surface area contributed by atoms with Crippen molar-refractivity contribution in [1.29, 1.82) is 0 Å². The van der Waals surface area contributed by atoms with Gasteiger partial charge in [0.2, 0.25) is 12.2 Å². The Morgan fingerprint density at radius 2 is 1.37 bits per heavy atom. The summed E-state index contributed by atoms with van der Waals surface area (Å²) in [5.41, 5.74) is 3.94. The summed E-state index contributed by atoms with van der Waals surface area (Å²) >= 11 is 0. The monoisotopic (exact) mass is 1120 g/mol. The normalized spacial score (nSPS) is 32.9. The summed E-state index contributed by atoms with van der Waals surface area (Å²) in [6, 6.07) is -2.60. The molecule has 4 aliphatic heterocycles. The fourth-order valence-electron chi connectivity index (χ4n) is 10.6. The van der Waals surface area contributed by atoms with Gasteiger partial charge in [0.1, 0.15) is 79.3 Å². The molecule has 4 fully saturated rings. The number of aromatic amines is 1. The number of aliphatic carboxylic acids is 1. The lowest BCUT2D eigenvalue weighted by atomic mass is 9.97. The smallest absolute Gasteiger partial charge is 0.330 e. The summed E-state index contributed by atoms with van der Waals surface area (Å²) in [7, 11) is 6.87. The summed E-state index contributed by atoms with van der Waals surface area (Å²) in [5, 5.41) is 55.1. The van der Waals surface area contributed by atoms with Gasteiger partial charge in [-0.3, -0.25) is 38.4 Å². The van der Waals surface area contributed by atoms with E-state index in [2.05, 4.69) is 13.8 Å². The Kier molecular flexibility index (Phi) is 24.6. The van der Waals surface area contributed by atoms with Gasteiger partial charge in [-0.05, 0) is 38.6 Å². The zero-order valence-corrected chi connectivity index (χ0v) is 46.0.